The Morgan fingerprint density at radius 3 is 3.00 bits per heavy atom. The smallest absolute Gasteiger partial charge is 0.270 e. The largest absolute Gasteiger partial charge is 0.288 e. The molecule has 19 heavy (non-hydrogen) atoms. The average molecular weight is 259 g/mol. The summed E-state index contributed by atoms with van der Waals surface area (Å²) < 4.78 is 0. The molecule has 1 heterocycles. The van der Waals surface area contributed by atoms with Gasteiger partial charge in [-0.25, -0.2) is 0 Å². The lowest BCUT2D eigenvalue weighted by molar-refractivity contribution is 0.102. The third kappa shape index (κ3) is 3.61. The summed E-state index contributed by atoms with van der Waals surface area (Å²) in [7, 11) is 0. The standard InChI is InChI=1S/C13H17N5O/c1-3-4-8-18-16-13(15-17-18)14-12(19)11-7-5-6-10(2)9-11/h5-7,9H,3-4,8H2,1-2H3,(H,14,16,19). The van der Waals surface area contributed by atoms with Gasteiger partial charge in [-0.1, -0.05) is 36.1 Å². The molecule has 0 spiro atoms. The van der Waals surface area contributed by atoms with Crippen molar-refractivity contribution in [2.45, 2.75) is 33.2 Å². The number of carbonyl (C=O) groups excluding carboxylic acids is 1. The molecule has 0 aliphatic carbocycles. The molecular formula is C13H17N5O. The number of hydrogen-bond donors (Lipinski definition) is 1. The number of nitrogens with one attached hydrogen (secondary N) is 1. The molecule has 0 fully saturated rings. The number of aryl methyl sites for hydroxylation is 2. The molecule has 0 saturated carbocycles. The van der Waals surface area contributed by atoms with Gasteiger partial charge in [-0.05, 0) is 30.7 Å². The van der Waals surface area contributed by atoms with E-state index in [1.807, 2.05) is 25.1 Å². The molecule has 0 saturated heterocycles. The minimum atomic E-state index is -0.223. The Balaban J connectivity index is 2.00. The number of carbonyl (C=O) groups is 1. The van der Waals surface area contributed by atoms with Gasteiger partial charge >= 0.3 is 0 Å². The van der Waals surface area contributed by atoms with Crippen LogP contribution < -0.4 is 5.32 Å². The number of aromatic nitrogens is 4. The van der Waals surface area contributed by atoms with Crippen LogP contribution in [0.5, 0.6) is 0 Å². The molecule has 0 atom stereocenters. The van der Waals surface area contributed by atoms with Gasteiger partial charge < -0.3 is 0 Å². The molecule has 2 aromatic rings. The second-order valence-electron chi connectivity index (χ2n) is 4.39. The molecular weight excluding hydrogens is 242 g/mol. The highest BCUT2D eigenvalue weighted by atomic mass is 16.1. The van der Waals surface area contributed by atoms with Crippen LogP contribution in [0.2, 0.25) is 0 Å². The van der Waals surface area contributed by atoms with Crippen LogP contribution in [-0.2, 0) is 6.54 Å². The fourth-order valence-corrected chi connectivity index (χ4v) is 1.65. The lowest BCUT2D eigenvalue weighted by Gasteiger charge is -2.01. The van der Waals surface area contributed by atoms with Gasteiger partial charge in [0, 0.05) is 5.56 Å². The average Bonchev–Trinajstić information content (AvgIpc) is 2.84. The molecule has 1 aromatic heterocycles. The number of nitrogens with zero attached hydrogens (tertiary/aromatic N) is 4. The Hall–Kier alpha value is -2.24. The van der Waals surface area contributed by atoms with E-state index >= 15 is 0 Å². The van der Waals surface area contributed by atoms with E-state index in [0.29, 0.717) is 12.1 Å². The van der Waals surface area contributed by atoms with Gasteiger partial charge in [-0.3, -0.25) is 10.1 Å². The third-order valence-corrected chi connectivity index (χ3v) is 2.67. The number of hydrogen-bond acceptors (Lipinski definition) is 4. The van der Waals surface area contributed by atoms with E-state index in [4.69, 9.17) is 0 Å². The lowest BCUT2D eigenvalue weighted by atomic mass is 10.1. The summed E-state index contributed by atoms with van der Waals surface area (Å²) in [6.07, 6.45) is 2.05. The molecule has 6 heteroatoms. The summed E-state index contributed by atoms with van der Waals surface area (Å²) in [5, 5.41) is 14.4. The lowest BCUT2D eigenvalue weighted by Crippen LogP contribution is -2.13. The predicted octanol–water partition coefficient (Wildman–Crippen LogP) is 2.03. The van der Waals surface area contributed by atoms with Gasteiger partial charge in [0.15, 0.2) is 0 Å². The summed E-state index contributed by atoms with van der Waals surface area (Å²) >= 11 is 0. The molecule has 100 valence electrons. The van der Waals surface area contributed by atoms with E-state index in [1.54, 1.807) is 6.07 Å². The molecule has 0 aliphatic heterocycles. The number of amides is 1. The van der Waals surface area contributed by atoms with Crippen LogP contribution in [0.3, 0.4) is 0 Å². The van der Waals surface area contributed by atoms with Crippen molar-refractivity contribution >= 4 is 11.9 Å². The van der Waals surface area contributed by atoms with E-state index in [-0.39, 0.29) is 11.9 Å². The van der Waals surface area contributed by atoms with Gasteiger partial charge in [0.05, 0.1) is 6.54 Å². The molecule has 1 aromatic carbocycles. The van der Waals surface area contributed by atoms with Crippen molar-refractivity contribution in [3.05, 3.63) is 35.4 Å². The molecule has 0 radical (unpaired) electrons. The Labute approximate surface area is 111 Å². The van der Waals surface area contributed by atoms with Crippen molar-refractivity contribution in [1.29, 1.82) is 0 Å². The van der Waals surface area contributed by atoms with Crippen LogP contribution in [0.4, 0.5) is 5.95 Å². The second-order valence-corrected chi connectivity index (χ2v) is 4.39. The van der Waals surface area contributed by atoms with Crippen molar-refractivity contribution in [1.82, 2.24) is 20.2 Å². The monoisotopic (exact) mass is 259 g/mol. The van der Waals surface area contributed by atoms with E-state index in [9.17, 15) is 4.79 Å². The van der Waals surface area contributed by atoms with Gasteiger partial charge in [0.1, 0.15) is 0 Å². The topological polar surface area (TPSA) is 72.7 Å². The molecule has 1 N–H and O–H groups in total. The zero-order valence-electron chi connectivity index (χ0n) is 11.1. The van der Waals surface area contributed by atoms with E-state index in [0.717, 1.165) is 18.4 Å². The number of benzene rings is 1. The summed E-state index contributed by atoms with van der Waals surface area (Å²) in [5.74, 6) is 0.0151. The highest BCUT2D eigenvalue weighted by Gasteiger charge is 2.09. The zero-order chi connectivity index (χ0) is 13.7. The first kappa shape index (κ1) is 13.2. The van der Waals surface area contributed by atoms with Gasteiger partial charge in [-0.15, -0.1) is 5.10 Å². The number of anilines is 1. The quantitative estimate of drug-likeness (QED) is 0.891. The molecule has 2 rings (SSSR count). The predicted molar refractivity (Wildman–Crippen MR) is 71.9 cm³/mol. The summed E-state index contributed by atoms with van der Waals surface area (Å²) in [4.78, 5) is 13.5. The van der Waals surface area contributed by atoms with Crippen molar-refractivity contribution < 1.29 is 4.79 Å². The van der Waals surface area contributed by atoms with Gasteiger partial charge in [0.2, 0.25) is 0 Å². The van der Waals surface area contributed by atoms with Gasteiger partial charge in [-0.2, -0.15) is 4.80 Å². The molecule has 1 amide bonds. The zero-order valence-corrected chi connectivity index (χ0v) is 11.1. The van der Waals surface area contributed by atoms with E-state index in [2.05, 4.69) is 27.7 Å². The normalized spacial score (nSPS) is 10.4. The van der Waals surface area contributed by atoms with Crippen LogP contribution in [0.15, 0.2) is 24.3 Å². The fourth-order valence-electron chi connectivity index (χ4n) is 1.65. The third-order valence-electron chi connectivity index (χ3n) is 2.67. The minimum absolute atomic E-state index is 0.223. The first-order valence-electron chi connectivity index (χ1n) is 6.35. The van der Waals surface area contributed by atoms with Crippen molar-refractivity contribution in [3.8, 4) is 0 Å². The number of unbranched alkanes of at least 4 members (excludes halogenated alkanes) is 1. The van der Waals surface area contributed by atoms with Crippen molar-refractivity contribution in [2.24, 2.45) is 0 Å². The fraction of sp³-hybridized carbons (Fsp3) is 0.385. The Kier molecular flexibility index (Phi) is 4.22. The number of tetrazole rings is 1. The van der Waals surface area contributed by atoms with Crippen LogP contribution in [0.1, 0.15) is 35.7 Å². The molecule has 0 aliphatic rings. The maximum absolute atomic E-state index is 12.0. The summed E-state index contributed by atoms with van der Waals surface area (Å²) in [5.41, 5.74) is 1.62. The van der Waals surface area contributed by atoms with Crippen LogP contribution in [0.25, 0.3) is 0 Å². The summed E-state index contributed by atoms with van der Waals surface area (Å²) in [6, 6.07) is 7.35. The van der Waals surface area contributed by atoms with E-state index in [1.165, 1.54) is 4.80 Å². The first-order chi connectivity index (χ1) is 9.19. The summed E-state index contributed by atoms with van der Waals surface area (Å²) in [6.45, 7) is 4.75. The highest BCUT2D eigenvalue weighted by molar-refractivity contribution is 6.03. The molecule has 0 unspecified atom stereocenters. The maximum Gasteiger partial charge on any atom is 0.270 e. The maximum atomic E-state index is 12.0. The second kappa shape index (κ2) is 6.08. The first-order valence-corrected chi connectivity index (χ1v) is 6.35. The van der Waals surface area contributed by atoms with Crippen molar-refractivity contribution in [3.63, 3.8) is 0 Å². The minimum Gasteiger partial charge on any atom is -0.288 e. The van der Waals surface area contributed by atoms with Crippen LogP contribution in [-0.4, -0.2) is 26.1 Å². The van der Waals surface area contributed by atoms with E-state index < -0.39 is 0 Å². The highest BCUT2D eigenvalue weighted by Crippen LogP contribution is 2.06. The molecule has 6 nitrogen and oxygen atoms in total. The number of rotatable bonds is 5. The Bertz CT molecular complexity index is 564. The van der Waals surface area contributed by atoms with Crippen molar-refractivity contribution in [2.75, 3.05) is 5.32 Å². The Morgan fingerprint density at radius 2 is 2.26 bits per heavy atom. The van der Waals surface area contributed by atoms with Crippen LogP contribution >= 0.6 is 0 Å². The Morgan fingerprint density at radius 1 is 1.42 bits per heavy atom. The van der Waals surface area contributed by atoms with Gasteiger partial charge in [0.25, 0.3) is 11.9 Å². The SMILES string of the molecule is CCCCn1nnc(NC(=O)c2cccc(C)c2)n1. The van der Waals surface area contributed by atoms with Crippen LogP contribution in [0, 0.1) is 6.92 Å². The molecule has 0 bridgehead atoms.